The molecule has 4 saturated carbocycles. The molecule has 0 amide bonds. The number of rotatable bonds is 3. The molecule has 15 heavy (non-hydrogen) atoms. The molecule has 0 N–H and O–H groups in total. The first-order valence-electron chi connectivity index (χ1n) is 6.33. The molecule has 4 bridgehead atoms. The molecule has 0 aromatic rings. The third-order valence-electron chi connectivity index (χ3n) is 4.98. The summed E-state index contributed by atoms with van der Waals surface area (Å²) in [6, 6.07) is 0. The van der Waals surface area contributed by atoms with Crippen LogP contribution in [0.1, 0.15) is 44.9 Å². The molecule has 0 spiro atoms. The van der Waals surface area contributed by atoms with E-state index >= 15 is 0 Å². The van der Waals surface area contributed by atoms with Crippen LogP contribution in [0.4, 0.5) is 0 Å². The molecule has 4 aliphatic carbocycles. The zero-order valence-corrected chi connectivity index (χ0v) is 9.24. The Bertz CT molecular complexity index is 268. The van der Waals surface area contributed by atoms with Crippen molar-refractivity contribution in [2.45, 2.75) is 44.9 Å². The van der Waals surface area contributed by atoms with Gasteiger partial charge in [0.15, 0.2) is 0 Å². The molecule has 0 unspecified atom stereocenters. The molecule has 2 nitrogen and oxygen atoms in total. The smallest absolute Gasteiger partial charge is 0.211 e. The number of hydrogen-bond donors (Lipinski definition) is 0. The standard InChI is InChI=1S/C13H19NO/c15-9-14-2-1-13-6-10-3-11(7-13)5-12(4-10)8-13/h10-12H,1-8H2. The van der Waals surface area contributed by atoms with Crippen molar-refractivity contribution >= 4 is 6.08 Å². The maximum Gasteiger partial charge on any atom is 0.234 e. The molecule has 4 rings (SSSR count). The molecule has 4 fully saturated rings. The maximum absolute atomic E-state index is 10.1. The normalized spacial score (nSPS) is 46.5. The molecule has 0 radical (unpaired) electrons. The van der Waals surface area contributed by atoms with Gasteiger partial charge in [0, 0.05) is 0 Å². The molecule has 82 valence electrons. The zero-order valence-electron chi connectivity index (χ0n) is 9.24. The summed E-state index contributed by atoms with van der Waals surface area (Å²) in [5.74, 6) is 3.03. The quantitative estimate of drug-likeness (QED) is 0.514. The Labute approximate surface area is 91.2 Å². The van der Waals surface area contributed by atoms with E-state index in [4.69, 9.17) is 0 Å². The molecular weight excluding hydrogens is 186 g/mol. The molecule has 4 aliphatic rings. The summed E-state index contributed by atoms with van der Waals surface area (Å²) >= 11 is 0. The van der Waals surface area contributed by atoms with Crippen LogP contribution in [0.2, 0.25) is 0 Å². The lowest BCUT2D eigenvalue weighted by Crippen LogP contribution is -2.46. The second-order valence-electron chi connectivity index (χ2n) is 6.14. The van der Waals surface area contributed by atoms with E-state index in [0.717, 1.165) is 30.7 Å². The van der Waals surface area contributed by atoms with E-state index in [2.05, 4.69) is 4.99 Å². The van der Waals surface area contributed by atoms with Crippen molar-refractivity contribution in [1.82, 2.24) is 0 Å². The summed E-state index contributed by atoms with van der Waals surface area (Å²) in [5, 5.41) is 0. The lowest BCUT2D eigenvalue weighted by Gasteiger charge is -2.57. The van der Waals surface area contributed by atoms with Crippen molar-refractivity contribution in [2.75, 3.05) is 6.54 Å². The highest BCUT2D eigenvalue weighted by atomic mass is 16.1. The van der Waals surface area contributed by atoms with Crippen molar-refractivity contribution in [1.29, 1.82) is 0 Å². The molecule has 0 aromatic heterocycles. The monoisotopic (exact) mass is 205 g/mol. The topological polar surface area (TPSA) is 29.4 Å². The fourth-order valence-corrected chi connectivity index (χ4v) is 4.93. The molecule has 2 heteroatoms. The van der Waals surface area contributed by atoms with Crippen LogP contribution in [0.25, 0.3) is 0 Å². The molecule has 0 saturated heterocycles. The summed E-state index contributed by atoms with van der Waals surface area (Å²) < 4.78 is 0. The van der Waals surface area contributed by atoms with E-state index < -0.39 is 0 Å². The van der Waals surface area contributed by atoms with E-state index in [1.165, 1.54) is 38.5 Å². The van der Waals surface area contributed by atoms with E-state index in [-0.39, 0.29) is 0 Å². The van der Waals surface area contributed by atoms with Crippen molar-refractivity contribution < 1.29 is 4.79 Å². The van der Waals surface area contributed by atoms with Gasteiger partial charge >= 0.3 is 0 Å². The zero-order chi connectivity index (χ0) is 10.3. The summed E-state index contributed by atoms with van der Waals surface area (Å²) in [7, 11) is 0. The fraction of sp³-hybridized carbons (Fsp3) is 0.923. The number of hydrogen-bond acceptors (Lipinski definition) is 2. The van der Waals surface area contributed by atoms with Gasteiger partial charge in [-0.05, 0) is 68.1 Å². The van der Waals surface area contributed by atoms with Crippen LogP contribution in [0.15, 0.2) is 4.99 Å². The van der Waals surface area contributed by atoms with Crippen LogP contribution in [0.5, 0.6) is 0 Å². The van der Waals surface area contributed by atoms with Crippen LogP contribution in [-0.4, -0.2) is 12.6 Å². The van der Waals surface area contributed by atoms with E-state index in [1.807, 2.05) is 0 Å². The third kappa shape index (κ3) is 1.65. The van der Waals surface area contributed by atoms with Gasteiger partial charge in [-0.25, -0.2) is 9.79 Å². The van der Waals surface area contributed by atoms with Crippen LogP contribution in [0, 0.1) is 23.2 Å². The van der Waals surface area contributed by atoms with Gasteiger partial charge < -0.3 is 0 Å². The average molecular weight is 205 g/mol. The van der Waals surface area contributed by atoms with Gasteiger partial charge in [-0.1, -0.05) is 0 Å². The molecule has 0 atom stereocenters. The van der Waals surface area contributed by atoms with Crippen molar-refractivity contribution in [3.05, 3.63) is 0 Å². The summed E-state index contributed by atoms with van der Waals surface area (Å²) in [6.07, 6.45) is 11.6. The van der Waals surface area contributed by atoms with Gasteiger partial charge in [-0.15, -0.1) is 0 Å². The van der Waals surface area contributed by atoms with Gasteiger partial charge in [0.05, 0.1) is 6.54 Å². The highest BCUT2D eigenvalue weighted by molar-refractivity contribution is 5.32. The first-order chi connectivity index (χ1) is 7.30. The number of carbonyl (C=O) groups excluding carboxylic acids is 1. The van der Waals surface area contributed by atoms with E-state index in [9.17, 15) is 4.79 Å². The highest BCUT2D eigenvalue weighted by Gasteiger charge is 2.50. The van der Waals surface area contributed by atoms with Crippen molar-refractivity contribution in [2.24, 2.45) is 28.2 Å². The second kappa shape index (κ2) is 3.45. The van der Waals surface area contributed by atoms with E-state index in [0.29, 0.717) is 5.41 Å². The van der Waals surface area contributed by atoms with Crippen molar-refractivity contribution in [3.63, 3.8) is 0 Å². The van der Waals surface area contributed by atoms with Crippen LogP contribution in [-0.2, 0) is 4.79 Å². The van der Waals surface area contributed by atoms with Gasteiger partial charge in [0.25, 0.3) is 0 Å². The highest BCUT2D eigenvalue weighted by Crippen LogP contribution is 2.61. The summed E-state index contributed by atoms with van der Waals surface area (Å²) in [5.41, 5.74) is 0.578. The third-order valence-corrected chi connectivity index (χ3v) is 4.98. The number of nitrogens with zero attached hydrogens (tertiary/aromatic N) is 1. The van der Waals surface area contributed by atoms with Crippen LogP contribution < -0.4 is 0 Å². The molecule has 0 heterocycles. The Morgan fingerprint density at radius 1 is 1.07 bits per heavy atom. The Balaban J connectivity index is 1.72. The predicted molar refractivity (Wildman–Crippen MR) is 58.2 cm³/mol. The Morgan fingerprint density at radius 3 is 2.07 bits per heavy atom. The Kier molecular flexibility index (Phi) is 2.21. The number of isocyanates is 1. The Morgan fingerprint density at radius 2 is 1.60 bits per heavy atom. The second-order valence-corrected chi connectivity index (χ2v) is 6.14. The lowest BCUT2D eigenvalue weighted by molar-refractivity contribution is -0.0556. The van der Waals surface area contributed by atoms with Crippen molar-refractivity contribution in [3.8, 4) is 0 Å². The van der Waals surface area contributed by atoms with Gasteiger partial charge in [0.1, 0.15) is 0 Å². The molecule has 0 aliphatic heterocycles. The SMILES string of the molecule is O=C=NCCC12CC3CC(CC(C3)C1)C2. The van der Waals surface area contributed by atoms with Crippen LogP contribution in [0.3, 0.4) is 0 Å². The summed E-state index contributed by atoms with van der Waals surface area (Å²) in [4.78, 5) is 13.8. The predicted octanol–water partition coefficient (Wildman–Crippen LogP) is 2.93. The minimum Gasteiger partial charge on any atom is -0.211 e. The first-order valence-corrected chi connectivity index (χ1v) is 6.33. The van der Waals surface area contributed by atoms with E-state index in [1.54, 1.807) is 6.08 Å². The Hall–Kier alpha value is -0.620. The summed E-state index contributed by atoms with van der Waals surface area (Å²) in [6.45, 7) is 0.718. The van der Waals surface area contributed by atoms with Gasteiger partial charge in [-0.3, -0.25) is 0 Å². The maximum atomic E-state index is 10.1. The number of aliphatic imine (C=N–C) groups is 1. The minimum atomic E-state index is 0.578. The fourth-order valence-electron chi connectivity index (χ4n) is 4.93. The molecular formula is C13H19NO. The largest absolute Gasteiger partial charge is 0.234 e. The minimum absolute atomic E-state index is 0.578. The molecule has 0 aromatic carbocycles. The first kappa shape index (κ1) is 9.59. The van der Waals surface area contributed by atoms with Gasteiger partial charge in [-0.2, -0.15) is 0 Å². The van der Waals surface area contributed by atoms with Crippen LogP contribution >= 0.6 is 0 Å². The van der Waals surface area contributed by atoms with Gasteiger partial charge in [0.2, 0.25) is 6.08 Å². The average Bonchev–Trinajstić information content (AvgIpc) is 2.15. The lowest BCUT2D eigenvalue weighted by atomic mass is 9.49.